The molecule has 29 heavy (non-hydrogen) atoms. The number of amides is 1. The third-order valence-corrected chi connectivity index (χ3v) is 5.43. The minimum Gasteiger partial charge on any atom is -0.361 e. The van der Waals surface area contributed by atoms with E-state index in [0.29, 0.717) is 24.4 Å². The molecule has 0 saturated carbocycles. The maximum Gasteiger partial charge on any atom is 0.227 e. The van der Waals surface area contributed by atoms with Gasteiger partial charge < -0.3 is 14.3 Å². The first-order valence-corrected chi connectivity index (χ1v) is 9.44. The van der Waals surface area contributed by atoms with Crippen LogP contribution in [0.2, 0.25) is 0 Å². The Labute approximate surface area is 168 Å². The fourth-order valence-corrected chi connectivity index (χ4v) is 3.49. The van der Waals surface area contributed by atoms with E-state index in [1.807, 2.05) is 42.2 Å². The molecule has 2 aromatic heterocycles. The zero-order valence-corrected chi connectivity index (χ0v) is 16.6. The van der Waals surface area contributed by atoms with E-state index in [-0.39, 0.29) is 29.9 Å². The van der Waals surface area contributed by atoms with Crippen molar-refractivity contribution in [1.29, 1.82) is 0 Å². The summed E-state index contributed by atoms with van der Waals surface area (Å²) in [5.41, 5.74) is 2.54. The van der Waals surface area contributed by atoms with Crippen LogP contribution < -0.4 is 4.90 Å². The van der Waals surface area contributed by atoms with Crippen LogP contribution in [-0.2, 0) is 11.2 Å². The number of benzene rings is 1. The lowest BCUT2D eigenvalue weighted by molar-refractivity contribution is -0.131. The molecule has 3 aromatic rings. The highest BCUT2D eigenvalue weighted by atomic mass is 19.1. The average Bonchev–Trinajstić information content (AvgIpc) is 3.00. The molecule has 8 heteroatoms. The first-order valence-electron chi connectivity index (χ1n) is 9.44. The summed E-state index contributed by atoms with van der Waals surface area (Å²) in [5, 5.41) is 3.89. The minimum atomic E-state index is -0.443. The molecule has 1 fully saturated rings. The smallest absolute Gasteiger partial charge is 0.227 e. The van der Waals surface area contributed by atoms with Crippen molar-refractivity contribution in [2.75, 3.05) is 25.0 Å². The van der Waals surface area contributed by atoms with E-state index < -0.39 is 5.82 Å². The van der Waals surface area contributed by atoms with Gasteiger partial charge in [0.25, 0.3) is 0 Å². The molecule has 0 unspecified atom stereocenters. The van der Waals surface area contributed by atoms with Crippen molar-refractivity contribution in [2.45, 2.75) is 26.3 Å². The highest BCUT2D eigenvalue weighted by molar-refractivity contribution is 5.79. The number of hydrogen-bond donors (Lipinski definition) is 0. The van der Waals surface area contributed by atoms with Crippen molar-refractivity contribution in [3.63, 3.8) is 0 Å². The molecule has 0 aliphatic carbocycles. The molecule has 1 aliphatic heterocycles. The molecule has 7 nitrogen and oxygen atoms in total. The number of nitrogens with zero attached hydrogens (tertiary/aromatic N) is 5. The van der Waals surface area contributed by atoms with E-state index in [1.165, 1.54) is 6.33 Å². The molecule has 1 aromatic carbocycles. The van der Waals surface area contributed by atoms with Crippen LogP contribution in [0.15, 0.2) is 41.2 Å². The van der Waals surface area contributed by atoms with Gasteiger partial charge in [-0.2, -0.15) is 0 Å². The molecule has 0 N–H and O–H groups in total. The summed E-state index contributed by atoms with van der Waals surface area (Å²) in [7, 11) is 1.77. The lowest BCUT2D eigenvalue weighted by Gasteiger charge is -2.44. The molecule has 0 radical (unpaired) electrons. The van der Waals surface area contributed by atoms with Gasteiger partial charge in [-0.15, -0.1) is 0 Å². The average molecular weight is 395 g/mol. The predicted molar refractivity (Wildman–Crippen MR) is 106 cm³/mol. The minimum absolute atomic E-state index is 0.00230. The Hall–Kier alpha value is -3.29. The van der Waals surface area contributed by atoms with Gasteiger partial charge in [0.05, 0.1) is 18.2 Å². The quantitative estimate of drug-likeness (QED) is 0.661. The number of carbonyl (C=O) groups excluding carboxylic acids is 1. The van der Waals surface area contributed by atoms with E-state index in [9.17, 15) is 9.18 Å². The highest BCUT2D eigenvalue weighted by Crippen LogP contribution is 2.29. The zero-order valence-electron chi connectivity index (χ0n) is 16.6. The fraction of sp³-hybridized carbons (Fsp3) is 0.333. The summed E-state index contributed by atoms with van der Waals surface area (Å²) < 4.78 is 20.1. The van der Waals surface area contributed by atoms with Crippen molar-refractivity contribution < 1.29 is 13.7 Å². The Morgan fingerprint density at radius 3 is 2.62 bits per heavy atom. The normalized spacial score (nSPS) is 14.0. The lowest BCUT2D eigenvalue weighted by Crippen LogP contribution is -2.60. The van der Waals surface area contributed by atoms with Gasteiger partial charge in [-0.25, -0.2) is 14.4 Å². The predicted octanol–water partition coefficient (Wildman–Crippen LogP) is 2.78. The third kappa shape index (κ3) is 3.57. The van der Waals surface area contributed by atoms with Crippen LogP contribution in [-0.4, -0.2) is 52.1 Å². The second-order valence-electron chi connectivity index (χ2n) is 7.27. The fourth-order valence-electron chi connectivity index (χ4n) is 3.49. The number of carbonyl (C=O) groups is 1. The van der Waals surface area contributed by atoms with Crippen LogP contribution in [0.5, 0.6) is 0 Å². The SMILES string of the molecule is Cc1noc(C)c1CC(=O)N(C)C1CN(c2ncnc(-c3ccccc3)c2F)C1. The van der Waals surface area contributed by atoms with Crippen molar-refractivity contribution in [3.8, 4) is 11.3 Å². The van der Waals surface area contributed by atoms with E-state index in [2.05, 4.69) is 15.1 Å². The van der Waals surface area contributed by atoms with Gasteiger partial charge in [0.15, 0.2) is 11.6 Å². The van der Waals surface area contributed by atoms with E-state index in [1.54, 1.807) is 18.9 Å². The molecule has 0 spiro atoms. The maximum atomic E-state index is 15.0. The first-order chi connectivity index (χ1) is 14.0. The summed E-state index contributed by atoms with van der Waals surface area (Å²) >= 11 is 0. The third-order valence-electron chi connectivity index (χ3n) is 5.43. The van der Waals surface area contributed by atoms with E-state index >= 15 is 0 Å². The largest absolute Gasteiger partial charge is 0.361 e. The van der Waals surface area contributed by atoms with E-state index in [0.717, 1.165) is 11.3 Å². The molecular weight excluding hydrogens is 373 g/mol. The molecule has 1 aliphatic rings. The number of aryl methyl sites for hydroxylation is 2. The summed E-state index contributed by atoms with van der Waals surface area (Å²) in [6, 6.07) is 9.19. The molecule has 1 saturated heterocycles. The Kier molecular flexibility index (Phi) is 5.00. The Morgan fingerprint density at radius 2 is 1.97 bits per heavy atom. The number of rotatable bonds is 5. The van der Waals surface area contributed by atoms with Gasteiger partial charge in [0, 0.05) is 31.3 Å². The molecule has 0 atom stereocenters. The van der Waals surface area contributed by atoms with Gasteiger partial charge in [-0.05, 0) is 13.8 Å². The van der Waals surface area contributed by atoms with Crippen molar-refractivity contribution >= 4 is 11.7 Å². The Balaban J connectivity index is 1.43. The van der Waals surface area contributed by atoms with Gasteiger partial charge in [0.1, 0.15) is 17.8 Å². The zero-order chi connectivity index (χ0) is 20.5. The molecule has 150 valence electrons. The van der Waals surface area contributed by atoms with Crippen LogP contribution in [0.1, 0.15) is 17.0 Å². The molecule has 0 bridgehead atoms. The highest BCUT2D eigenvalue weighted by Gasteiger charge is 2.35. The first kappa shape index (κ1) is 19.0. The number of likely N-dealkylation sites (N-methyl/N-ethyl adjacent to an activating group) is 1. The number of hydrogen-bond acceptors (Lipinski definition) is 6. The Bertz CT molecular complexity index is 1010. The Morgan fingerprint density at radius 1 is 1.24 bits per heavy atom. The monoisotopic (exact) mass is 395 g/mol. The molecule has 4 rings (SSSR count). The maximum absolute atomic E-state index is 15.0. The standard InChI is InChI=1S/C21H22FN5O2/c1-13-17(14(2)29-25-13)9-18(28)26(3)16-10-27(11-16)21-19(22)20(23-12-24-21)15-7-5-4-6-8-15/h4-8,12,16H,9-11H2,1-3H3. The number of anilines is 1. The molecular formula is C21H22FN5O2. The summed E-state index contributed by atoms with van der Waals surface area (Å²) in [6.07, 6.45) is 1.62. The number of halogens is 1. The van der Waals surface area contributed by atoms with Crippen molar-refractivity contribution in [1.82, 2.24) is 20.0 Å². The van der Waals surface area contributed by atoms with Crippen LogP contribution in [0.3, 0.4) is 0 Å². The van der Waals surface area contributed by atoms with Crippen LogP contribution in [0, 0.1) is 19.7 Å². The number of aromatic nitrogens is 3. The van der Waals surface area contributed by atoms with Gasteiger partial charge >= 0.3 is 0 Å². The summed E-state index contributed by atoms with van der Waals surface area (Å²) in [4.78, 5) is 24.4. The van der Waals surface area contributed by atoms with Gasteiger partial charge in [-0.1, -0.05) is 35.5 Å². The van der Waals surface area contributed by atoms with Gasteiger partial charge in [0.2, 0.25) is 5.91 Å². The molecule has 1 amide bonds. The lowest BCUT2D eigenvalue weighted by atomic mass is 10.0. The van der Waals surface area contributed by atoms with Crippen molar-refractivity contribution in [3.05, 3.63) is 59.5 Å². The van der Waals surface area contributed by atoms with Crippen molar-refractivity contribution in [2.24, 2.45) is 0 Å². The van der Waals surface area contributed by atoms with E-state index in [4.69, 9.17) is 4.52 Å². The second-order valence-corrected chi connectivity index (χ2v) is 7.27. The summed E-state index contributed by atoms with van der Waals surface area (Å²) in [5.74, 6) is 0.469. The van der Waals surface area contributed by atoms with Crippen LogP contribution >= 0.6 is 0 Å². The molecule has 3 heterocycles. The topological polar surface area (TPSA) is 75.4 Å². The second kappa shape index (κ2) is 7.62. The summed E-state index contributed by atoms with van der Waals surface area (Å²) in [6.45, 7) is 4.67. The van der Waals surface area contributed by atoms with Gasteiger partial charge in [-0.3, -0.25) is 4.79 Å². The van der Waals surface area contributed by atoms with Crippen LogP contribution in [0.4, 0.5) is 10.2 Å². The van der Waals surface area contributed by atoms with Crippen LogP contribution in [0.25, 0.3) is 11.3 Å².